The summed E-state index contributed by atoms with van der Waals surface area (Å²) in [5.41, 5.74) is 0. The number of benzene rings is 2. The zero-order chi connectivity index (χ0) is 15.5. The summed E-state index contributed by atoms with van der Waals surface area (Å²) in [6, 6.07) is 16.5. The van der Waals surface area contributed by atoms with Crippen molar-refractivity contribution >= 4 is 38.1 Å². The maximum atomic E-state index is 5.83. The van der Waals surface area contributed by atoms with Crippen LogP contribution in [0.2, 0.25) is 0 Å². The van der Waals surface area contributed by atoms with E-state index in [1.807, 2.05) is 29.6 Å². The lowest BCUT2D eigenvalue weighted by Crippen LogP contribution is -2.12. The molecule has 114 valence electrons. The van der Waals surface area contributed by atoms with Gasteiger partial charge in [-0.05, 0) is 34.4 Å². The third-order valence-electron chi connectivity index (χ3n) is 3.65. The minimum Gasteiger partial charge on any atom is -0.492 e. The highest BCUT2D eigenvalue weighted by molar-refractivity contribution is 7.16. The smallest absolute Gasteiger partial charge is 0.138 e. The van der Waals surface area contributed by atoms with E-state index >= 15 is 0 Å². The lowest BCUT2D eigenvalue weighted by molar-refractivity contribution is 0.333. The van der Waals surface area contributed by atoms with E-state index in [0.717, 1.165) is 21.8 Å². The fourth-order valence-corrected chi connectivity index (χ4v) is 3.26. The number of fused-ring (bicyclic) bond motifs is 2. The molecule has 0 aliphatic rings. The Morgan fingerprint density at radius 3 is 2.87 bits per heavy atom. The molecule has 4 rings (SSSR count). The van der Waals surface area contributed by atoms with Crippen molar-refractivity contribution in [2.75, 3.05) is 18.5 Å². The molecule has 0 aliphatic carbocycles. The molecule has 4 aromatic rings. The van der Waals surface area contributed by atoms with Gasteiger partial charge in [0, 0.05) is 0 Å². The summed E-state index contributed by atoms with van der Waals surface area (Å²) in [5, 5.41) is 8.80. The van der Waals surface area contributed by atoms with Crippen LogP contribution in [0.25, 0.3) is 21.0 Å². The van der Waals surface area contributed by atoms with Crippen molar-refractivity contribution in [2.45, 2.75) is 0 Å². The maximum Gasteiger partial charge on any atom is 0.138 e. The molecule has 0 atom stereocenters. The van der Waals surface area contributed by atoms with Crippen LogP contribution in [0.15, 0.2) is 60.2 Å². The zero-order valence-corrected chi connectivity index (χ0v) is 13.2. The van der Waals surface area contributed by atoms with Gasteiger partial charge < -0.3 is 10.1 Å². The quantitative estimate of drug-likeness (QED) is 0.556. The summed E-state index contributed by atoms with van der Waals surface area (Å²) in [5.74, 6) is 1.74. The molecule has 0 aliphatic heterocycles. The number of thiophene rings is 1. The van der Waals surface area contributed by atoms with Crippen LogP contribution in [-0.2, 0) is 0 Å². The first kappa shape index (κ1) is 14.0. The predicted octanol–water partition coefficient (Wildman–Crippen LogP) is 4.34. The largest absolute Gasteiger partial charge is 0.492 e. The average molecular weight is 321 g/mol. The topological polar surface area (TPSA) is 47.0 Å². The van der Waals surface area contributed by atoms with Crippen LogP contribution in [0.5, 0.6) is 5.75 Å². The summed E-state index contributed by atoms with van der Waals surface area (Å²) >= 11 is 1.62. The summed E-state index contributed by atoms with van der Waals surface area (Å²) in [6.07, 6.45) is 1.59. The summed E-state index contributed by atoms with van der Waals surface area (Å²) in [6.45, 7) is 1.27. The Balaban J connectivity index is 1.38. The van der Waals surface area contributed by atoms with Gasteiger partial charge in [0.05, 0.1) is 11.9 Å². The Bertz CT molecular complexity index is 951. The lowest BCUT2D eigenvalue weighted by Gasteiger charge is -2.09. The molecule has 0 bridgehead atoms. The van der Waals surface area contributed by atoms with Gasteiger partial charge in [0.1, 0.15) is 29.3 Å². The van der Waals surface area contributed by atoms with E-state index in [2.05, 4.69) is 39.6 Å². The van der Waals surface area contributed by atoms with Gasteiger partial charge in [-0.2, -0.15) is 0 Å². The molecule has 0 radical (unpaired) electrons. The molecule has 23 heavy (non-hydrogen) atoms. The molecule has 0 fully saturated rings. The van der Waals surface area contributed by atoms with Gasteiger partial charge in [-0.25, -0.2) is 9.97 Å². The molecule has 2 aromatic heterocycles. The predicted molar refractivity (Wildman–Crippen MR) is 95.3 cm³/mol. The number of hydrogen-bond acceptors (Lipinski definition) is 5. The summed E-state index contributed by atoms with van der Waals surface area (Å²) < 4.78 is 5.83. The second-order valence-electron chi connectivity index (χ2n) is 5.15. The van der Waals surface area contributed by atoms with E-state index in [1.165, 1.54) is 10.8 Å². The number of rotatable bonds is 5. The van der Waals surface area contributed by atoms with Crippen molar-refractivity contribution in [1.82, 2.24) is 9.97 Å². The molecule has 4 nitrogen and oxygen atoms in total. The molecule has 0 saturated carbocycles. The highest BCUT2D eigenvalue weighted by atomic mass is 32.1. The molecular weight excluding hydrogens is 306 g/mol. The van der Waals surface area contributed by atoms with Gasteiger partial charge in [-0.1, -0.05) is 30.3 Å². The Morgan fingerprint density at radius 2 is 1.91 bits per heavy atom. The van der Waals surface area contributed by atoms with Crippen LogP contribution in [0.3, 0.4) is 0 Å². The molecule has 0 saturated heterocycles. The van der Waals surface area contributed by atoms with Crippen molar-refractivity contribution in [3.05, 3.63) is 60.2 Å². The first-order valence-corrected chi connectivity index (χ1v) is 8.32. The standard InChI is InChI=1S/C18H15N3OS/c1-2-4-14-11-15(6-5-13(14)3-1)22-9-8-19-17-16-7-10-23-18(16)21-12-20-17/h1-7,10-12H,8-9H2,(H,19,20,21). The van der Waals surface area contributed by atoms with Gasteiger partial charge in [-0.15, -0.1) is 11.3 Å². The van der Waals surface area contributed by atoms with Crippen LogP contribution in [-0.4, -0.2) is 23.1 Å². The molecule has 2 heterocycles. The average Bonchev–Trinajstić information content (AvgIpc) is 3.08. The number of anilines is 1. The number of aromatic nitrogens is 2. The van der Waals surface area contributed by atoms with Gasteiger partial charge in [0.25, 0.3) is 0 Å². The minimum atomic E-state index is 0.577. The van der Waals surface area contributed by atoms with Gasteiger partial charge >= 0.3 is 0 Å². The van der Waals surface area contributed by atoms with Crippen LogP contribution in [0.1, 0.15) is 0 Å². The molecule has 0 spiro atoms. The van der Waals surface area contributed by atoms with Crippen LogP contribution >= 0.6 is 11.3 Å². The zero-order valence-electron chi connectivity index (χ0n) is 12.4. The third kappa shape index (κ3) is 2.96. The fraction of sp³-hybridized carbons (Fsp3) is 0.111. The fourth-order valence-electron chi connectivity index (χ4n) is 2.53. The third-order valence-corrected chi connectivity index (χ3v) is 4.47. The minimum absolute atomic E-state index is 0.577. The molecule has 0 amide bonds. The molecule has 0 unspecified atom stereocenters. The van der Waals surface area contributed by atoms with Crippen LogP contribution in [0.4, 0.5) is 5.82 Å². The van der Waals surface area contributed by atoms with Crippen molar-refractivity contribution in [3.8, 4) is 5.75 Å². The van der Waals surface area contributed by atoms with E-state index in [1.54, 1.807) is 17.7 Å². The van der Waals surface area contributed by atoms with E-state index in [4.69, 9.17) is 4.74 Å². The van der Waals surface area contributed by atoms with Crippen molar-refractivity contribution in [2.24, 2.45) is 0 Å². The van der Waals surface area contributed by atoms with Crippen molar-refractivity contribution < 1.29 is 4.74 Å². The molecular formula is C18H15N3OS. The number of nitrogens with zero attached hydrogens (tertiary/aromatic N) is 2. The highest BCUT2D eigenvalue weighted by Crippen LogP contribution is 2.23. The summed E-state index contributed by atoms with van der Waals surface area (Å²) in [7, 11) is 0. The number of ether oxygens (including phenoxy) is 1. The molecule has 2 aromatic carbocycles. The van der Waals surface area contributed by atoms with Crippen molar-refractivity contribution in [1.29, 1.82) is 0 Å². The Morgan fingerprint density at radius 1 is 1.00 bits per heavy atom. The van der Waals surface area contributed by atoms with Gasteiger partial charge in [0.2, 0.25) is 0 Å². The normalized spacial score (nSPS) is 11.0. The maximum absolute atomic E-state index is 5.83. The van der Waals surface area contributed by atoms with E-state index in [0.29, 0.717) is 13.2 Å². The second-order valence-corrected chi connectivity index (χ2v) is 6.04. The van der Waals surface area contributed by atoms with E-state index in [-0.39, 0.29) is 0 Å². The first-order chi connectivity index (χ1) is 11.4. The van der Waals surface area contributed by atoms with Crippen molar-refractivity contribution in [3.63, 3.8) is 0 Å². The number of hydrogen-bond donors (Lipinski definition) is 1. The first-order valence-electron chi connectivity index (χ1n) is 7.44. The Hall–Kier alpha value is -2.66. The van der Waals surface area contributed by atoms with Gasteiger partial charge in [0.15, 0.2) is 0 Å². The van der Waals surface area contributed by atoms with Crippen LogP contribution in [0, 0.1) is 0 Å². The molecule has 1 N–H and O–H groups in total. The highest BCUT2D eigenvalue weighted by Gasteiger charge is 2.04. The van der Waals surface area contributed by atoms with Crippen LogP contribution < -0.4 is 10.1 Å². The Kier molecular flexibility index (Phi) is 3.78. The van der Waals surface area contributed by atoms with E-state index < -0.39 is 0 Å². The van der Waals surface area contributed by atoms with E-state index in [9.17, 15) is 0 Å². The Labute approximate surface area is 137 Å². The monoisotopic (exact) mass is 321 g/mol. The summed E-state index contributed by atoms with van der Waals surface area (Å²) in [4.78, 5) is 9.53. The number of nitrogens with one attached hydrogen (secondary N) is 1. The SMILES string of the molecule is c1ccc2cc(OCCNc3ncnc4sccc34)ccc2c1. The molecule has 5 heteroatoms. The van der Waals surface area contributed by atoms with Gasteiger partial charge in [-0.3, -0.25) is 0 Å². The lowest BCUT2D eigenvalue weighted by atomic mass is 10.1. The second kappa shape index (κ2) is 6.22.